The van der Waals surface area contributed by atoms with Crippen molar-refractivity contribution < 1.29 is 9.53 Å². The number of methoxy groups -OCH3 is 1. The molecule has 0 unspecified atom stereocenters. The second kappa shape index (κ2) is 5.68. The molecule has 0 aliphatic carbocycles. The van der Waals surface area contributed by atoms with Crippen LogP contribution < -0.4 is 4.74 Å². The lowest BCUT2D eigenvalue weighted by Crippen LogP contribution is -2.04. The predicted octanol–water partition coefficient (Wildman–Crippen LogP) is 3.56. The molecule has 0 spiro atoms. The molecule has 2 aromatic rings. The Bertz CT molecular complexity index is 657. The smallest absolute Gasteiger partial charge is 0.194 e. The zero-order valence-electron chi connectivity index (χ0n) is 10.2. The molecule has 2 rings (SSSR count). The Labute approximate surface area is 119 Å². The van der Waals surface area contributed by atoms with Crippen LogP contribution in [-0.2, 0) is 0 Å². The van der Waals surface area contributed by atoms with Crippen LogP contribution >= 0.6 is 15.9 Å². The largest absolute Gasteiger partial charge is 0.497 e. The average molecular weight is 316 g/mol. The summed E-state index contributed by atoms with van der Waals surface area (Å²) in [5.74, 6) is 0.506. The topological polar surface area (TPSA) is 50.1 Å². The molecule has 0 aliphatic rings. The van der Waals surface area contributed by atoms with Crippen molar-refractivity contribution in [3.8, 4) is 11.8 Å². The summed E-state index contributed by atoms with van der Waals surface area (Å²) in [6.45, 7) is 0. The molecule has 0 saturated heterocycles. The van der Waals surface area contributed by atoms with Crippen LogP contribution in [0, 0.1) is 11.3 Å². The molecule has 19 heavy (non-hydrogen) atoms. The van der Waals surface area contributed by atoms with Crippen molar-refractivity contribution in [3.05, 3.63) is 63.6 Å². The number of halogens is 1. The van der Waals surface area contributed by atoms with Crippen LogP contribution in [0.25, 0.3) is 0 Å². The molecular formula is C15H10BrNO2. The van der Waals surface area contributed by atoms with E-state index >= 15 is 0 Å². The van der Waals surface area contributed by atoms with Crippen molar-refractivity contribution in [2.24, 2.45) is 0 Å². The number of carbonyl (C=O) groups excluding carboxylic acids is 1. The Morgan fingerprint density at radius 2 is 1.89 bits per heavy atom. The summed E-state index contributed by atoms with van der Waals surface area (Å²) < 4.78 is 5.81. The molecule has 0 amide bonds. The summed E-state index contributed by atoms with van der Waals surface area (Å²) in [6, 6.07) is 13.9. The fraction of sp³-hybridized carbons (Fsp3) is 0.0667. The van der Waals surface area contributed by atoms with E-state index in [1.54, 1.807) is 49.6 Å². The third kappa shape index (κ3) is 2.83. The van der Waals surface area contributed by atoms with Gasteiger partial charge in [0.1, 0.15) is 5.75 Å². The van der Waals surface area contributed by atoms with Crippen molar-refractivity contribution in [3.63, 3.8) is 0 Å². The second-order valence-corrected chi connectivity index (χ2v) is 4.78. The Balaban J connectivity index is 2.43. The zero-order valence-corrected chi connectivity index (χ0v) is 11.8. The average Bonchev–Trinajstić information content (AvgIpc) is 2.46. The number of ketones is 1. The van der Waals surface area contributed by atoms with Crippen LogP contribution in [0.2, 0.25) is 0 Å². The van der Waals surface area contributed by atoms with Gasteiger partial charge in [0.15, 0.2) is 5.78 Å². The number of nitrogens with zero attached hydrogens (tertiary/aromatic N) is 1. The molecule has 0 radical (unpaired) electrons. The Kier molecular flexibility index (Phi) is 3.98. The number of hydrogen-bond donors (Lipinski definition) is 0. The maximum Gasteiger partial charge on any atom is 0.194 e. The highest BCUT2D eigenvalue weighted by atomic mass is 79.9. The standard InChI is InChI=1S/C15H10BrNO2/c1-19-13-6-3-10(4-7-13)15(18)14-8-12(16)5-2-11(14)9-17/h2-8H,1H3. The van der Waals surface area contributed by atoms with Gasteiger partial charge in [0.2, 0.25) is 0 Å². The first-order chi connectivity index (χ1) is 9.15. The Morgan fingerprint density at radius 3 is 2.47 bits per heavy atom. The lowest BCUT2D eigenvalue weighted by molar-refractivity contribution is 0.103. The minimum absolute atomic E-state index is 0.180. The minimum atomic E-state index is -0.180. The van der Waals surface area contributed by atoms with Crippen molar-refractivity contribution in [2.45, 2.75) is 0 Å². The van der Waals surface area contributed by atoms with Crippen molar-refractivity contribution in [1.29, 1.82) is 5.26 Å². The molecule has 0 aromatic heterocycles. The van der Waals surface area contributed by atoms with Gasteiger partial charge in [0.25, 0.3) is 0 Å². The van der Waals surface area contributed by atoms with Crippen molar-refractivity contribution in [1.82, 2.24) is 0 Å². The van der Waals surface area contributed by atoms with Gasteiger partial charge in [0.05, 0.1) is 18.7 Å². The summed E-state index contributed by atoms with van der Waals surface area (Å²) in [4.78, 5) is 12.4. The van der Waals surface area contributed by atoms with Gasteiger partial charge in [-0.2, -0.15) is 5.26 Å². The minimum Gasteiger partial charge on any atom is -0.497 e. The monoisotopic (exact) mass is 315 g/mol. The number of ether oxygens (including phenoxy) is 1. The lowest BCUT2D eigenvalue weighted by atomic mass is 9.99. The number of nitriles is 1. The van der Waals surface area contributed by atoms with Crippen LogP contribution in [0.1, 0.15) is 21.5 Å². The number of carbonyl (C=O) groups is 1. The van der Waals surface area contributed by atoms with Crippen LogP contribution in [-0.4, -0.2) is 12.9 Å². The van der Waals surface area contributed by atoms with Crippen LogP contribution in [0.3, 0.4) is 0 Å². The number of benzene rings is 2. The number of hydrogen-bond acceptors (Lipinski definition) is 3. The first kappa shape index (κ1) is 13.3. The predicted molar refractivity (Wildman–Crippen MR) is 75.3 cm³/mol. The van der Waals surface area contributed by atoms with Crippen LogP contribution in [0.4, 0.5) is 0 Å². The SMILES string of the molecule is COc1ccc(C(=O)c2cc(Br)ccc2C#N)cc1. The van der Waals surface area contributed by atoms with Crippen LogP contribution in [0.15, 0.2) is 46.9 Å². The molecule has 0 bridgehead atoms. The summed E-state index contributed by atoms with van der Waals surface area (Å²) in [6.07, 6.45) is 0. The molecule has 0 N–H and O–H groups in total. The zero-order chi connectivity index (χ0) is 13.8. The highest BCUT2D eigenvalue weighted by molar-refractivity contribution is 9.10. The third-order valence-corrected chi connectivity index (χ3v) is 3.19. The molecule has 4 heteroatoms. The van der Waals surface area contributed by atoms with Gasteiger partial charge in [-0.05, 0) is 42.5 Å². The Morgan fingerprint density at radius 1 is 1.21 bits per heavy atom. The van der Waals surface area contributed by atoms with Crippen molar-refractivity contribution >= 4 is 21.7 Å². The van der Waals surface area contributed by atoms with E-state index in [0.717, 1.165) is 4.47 Å². The highest BCUT2D eigenvalue weighted by Gasteiger charge is 2.14. The molecule has 0 fully saturated rings. The van der Waals surface area contributed by atoms with E-state index in [4.69, 9.17) is 10.00 Å². The fourth-order valence-corrected chi connectivity index (χ4v) is 2.06. The summed E-state index contributed by atoms with van der Waals surface area (Å²) in [5.41, 5.74) is 1.28. The van der Waals surface area contributed by atoms with Gasteiger partial charge in [-0.25, -0.2) is 0 Å². The van der Waals surface area contributed by atoms with Crippen LogP contribution in [0.5, 0.6) is 5.75 Å². The molecule has 0 atom stereocenters. The molecule has 0 saturated carbocycles. The lowest BCUT2D eigenvalue weighted by Gasteiger charge is -2.05. The van der Waals surface area contributed by atoms with Crippen molar-refractivity contribution in [2.75, 3.05) is 7.11 Å². The van der Waals surface area contributed by atoms with Gasteiger partial charge >= 0.3 is 0 Å². The molecule has 94 valence electrons. The summed E-state index contributed by atoms with van der Waals surface area (Å²) >= 11 is 3.31. The summed E-state index contributed by atoms with van der Waals surface area (Å²) in [7, 11) is 1.57. The van der Waals surface area contributed by atoms with E-state index in [1.165, 1.54) is 0 Å². The van der Waals surface area contributed by atoms with Gasteiger partial charge in [-0.3, -0.25) is 4.79 Å². The van der Waals surface area contributed by atoms with E-state index in [0.29, 0.717) is 22.4 Å². The van der Waals surface area contributed by atoms with E-state index in [1.807, 2.05) is 6.07 Å². The van der Waals surface area contributed by atoms with E-state index in [-0.39, 0.29) is 5.78 Å². The third-order valence-electron chi connectivity index (χ3n) is 2.70. The quantitative estimate of drug-likeness (QED) is 0.814. The molecule has 3 nitrogen and oxygen atoms in total. The number of rotatable bonds is 3. The normalized spacial score (nSPS) is 9.74. The van der Waals surface area contributed by atoms with Gasteiger partial charge in [-0.15, -0.1) is 0 Å². The van der Waals surface area contributed by atoms with E-state index < -0.39 is 0 Å². The highest BCUT2D eigenvalue weighted by Crippen LogP contribution is 2.21. The molecule has 0 heterocycles. The maximum absolute atomic E-state index is 12.4. The molecule has 0 aliphatic heterocycles. The maximum atomic E-state index is 12.4. The van der Waals surface area contributed by atoms with Gasteiger partial charge < -0.3 is 4.74 Å². The molecule has 2 aromatic carbocycles. The second-order valence-electron chi connectivity index (χ2n) is 3.86. The molecular weight excluding hydrogens is 306 g/mol. The first-order valence-corrected chi connectivity index (χ1v) is 6.33. The first-order valence-electron chi connectivity index (χ1n) is 5.54. The van der Waals surface area contributed by atoms with Gasteiger partial charge in [-0.1, -0.05) is 15.9 Å². The van der Waals surface area contributed by atoms with E-state index in [9.17, 15) is 4.79 Å². The van der Waals surface area contributed by atoms with E-state index in [2.05, 4.69) is 15.9 Å². The summed E-state index contributed by atoms with van der Waals surface area (Å²) in [5, 5.41) is 9.05. The fourth-order valence-electron chi connectivity index (χ4n) is 1.70. The van der Waals surface area contributed by atoms with Gasteiger partial charge in [0, 0.05) is 15.6 Å². The Hall–Kier alpha value is -2.12.